The number of carbonyl (C=O) groups excluding carboxylic acids is 3. The van der Waals surface area contributed by atoms with E-state index < -0.39 is 24.0 Å². The molecule has 1 saturated heterocycles. The van der Waals surface area contributed by atoms with Gasteiger partial charge >= 0.3 is 0 Å². The van der Waals surface area contributed by atoms with Crippen LogP contribution in [-0.4, -0.2) is 81.1 Å². The Hall–Kier alpha value is -3.46. The lowest BCUT2D eigenvalue weighted by atomic mass is 9.89. The number of likely N-dealkylation sites (N-methyl/N-ethyl adjacent to an activating group) is 1. The van der Waals surface area contributed by atoms with E-state index in [0.717, 1.165) is 0 Å². The molecule has 3 rings (SSSR count). The zero-order valence-electron chi connectivity index (χ0n) is 19.9. The Labute approximate surface area is 199 Å². The highest BCUT2D eigenvalue weighted by Crippen LogP contribution is 2.27. The molecule has 1 fully saturated rings. The van der Waals surface area contributed by atoms with Gasteiger partial charge in [0, 0.05) is 38.9 Å². The molecule has 0 aromatic heterocycles. The van der Waals surface area contributed by atoms with E-state index in [1.165, 1.54) is 14.7 Å². The van der Waals surface area contributed by atoms with Crippen molar-refractivity contribution in [1.82, 2.24) is 9.80 Å². The van der Waals surface area contributed by atoms with Crippen LogP contribution >= 0.6 is 0 Å². The Morgan fingerprint density at radius 1 is 1.06 bits per heavy atom. The van der Waals surface area contributed by atoms with Gasteiger partial charge in [0.1, 0.15) is 18.0 Å². The maximum atomic E-state index is 13.6. The molecule has 9 heteroatoms. The van der Waals surface area contributed by atoms with Crippen LogP contribution in [0, 0.1) is 0 Å². The molecule has 0 spiro atoms. The van der Waals surface area contributed by atoms with E-state index in [1.807, 2.05) is 0 Å². The zero-order valence-corrected chi connectivity index (χ0v) is 19.9. The van der Waals surface area contributed by atoms with E-state index in [1.54, 1.807) is 76.8 Å². The first-order valence-electron chi connectivity index (χ1n) is 11.1. The number of hydrogen-bond acceptors (Lipinski definition) is 5. The van der Waals surface area contributed by atoms with Gasteiger partial charge in [-0.15, -0.1) is 0 Å². The van der Waals surface area contributed by atoms with Gasteiger partial charge in [-0.1, -0.05) is 12.1 Å². The van der Waals surface area contributed by atoms with E-state index in [0.29, 0.717) is 22.6 Å². The molecule has 3 atom stereocenters. The Bertz CT molecular complexity index is 1030. The number of anilines is 1. The zero-order chi connectivity index (χ0) is 25.0. The molecule has 1 aliphatic rings. The molecule has 1 aliphatic heterocycles. The fourth-order valence-corrected chi connectivity index (χ4v) is 4.00. The van der Waals surface area contributed by atoms with Crippen LogP contribution < -0.4 is 15.4 Å². The lowest BCUT2D eigenvalue weighted by Crippen LogP contribution is -2.50. The van der Waals surface area contributed by atoms with Crippen LogP contribution in [-0.2, 0) is 9.59 Å². The molecule has 0 aliphatic carbocycles. The fourth-order valence-electron chi connectivity index (χ4n) is 4.00. The number of carbonyl (C=O) groups is 3. The van der Waals surface area contributed by atoms with Crippen molar-refractivity contribution >= 4 is 23.4 Å². The summed E-state index contributed by atoms with van der Waals surface area (Å²) in [6, 6.07) is 12.4. The molecule has 2 aromatic rings. The summed E-state index contributed by atoms with van der Waals surface area (Å²) in [6.07, 6.45) is -0.800. The number of methoxy groups -OCH3 is 1. The van der Waals surface area contributed by atoms with Gasteiger partial charge in [-0.05, 0) is 48.4 Å². The first-order chi connectivity index (χ1) is 16.1. The van der Waals surface area contributed by atoms with Crippen molar-refractivity contribution in [3.8, 4) is 5.75 Å². The molecule has 2 N–H and O–H groups in total. The fraction of sp³-hybridized carbons (Fsp3) is 0.400. The summed E-state index contributed by atoms with van der Waals surface area (Å²) in [5.41, 5.74) is 7.92. The van der Waals surface area contributed by atoms with Gasteiger partial charge in [0.2, 0.25) is 11.8 Å². The Balaban J connectivity index is 1.82. The van der Waals surface area contributed by atoms with Crippen molar-refractivity contribution in [2.75, 3.05) is 46.2 Å². The van der Waals surface area contributed by atoms with Crippen LogP contribution in [0.25, 0.3) is 0 Å². The number of amides is 3. The Kier molecular flexibility index (Phi) is 7.88. The minimum atomic E-state index is -1.15. The number of halogens is 1. The number of nitrogens with zero attached hydrogens (tertiary/aromatic N) is 3. The number of ether oxygens (including phenoxy) is 1. The highest BCUT2D eigenvalue weighted by molar-refractivity contribution is 6.05. The third kappa shape index (κ3) is 5.36. The topological polar surface area (TPSA) is 96.2 Å². The molecule has 2 aromatic carbocycles. The van der Waals surface area contributed by atoms with Crippen molar-refractivity contribution in [1.29, 1.82) is 0 Å². The van der Waals surface area contributed by atoms with E-state index >= 15 is 0 Å². The summed E-state index contributed by atoms with van der Waals surface area (Å²) in [6.45, 7) is 0.278. The van der Waals surface area contributed by atoms with Crippen molar-refractivity contribution in [2.45, 2.75) is 24.6 Å². The maximum absolute atomic E-state index is 13.6. The normalized spacial score (nSPS) is 17.1. The molecule has 1 heterocycles. The average Bonchev–Trinajstić information content (AvgIpc) is 3.29. The number of alkyl halides is 1. The molecule has 8 nitrogen and oxygen atoms in total. The first-order valence-corrected chi connectivity index (χ1v) is 11.1. The van der Waals surface area contributed by atoms with E-state index in [2.05, 4.69) is 0 Å². The van der Waals surface area contributed by atoms with Crippen LogP contribution in [0.3, 0.4) is 0 Å². The van der Waals surface area contributed by atoms with Crippen LogP contribution in [0.1, 0.15) is 28.3 Å². The smallest absolute Gasteiger partial charge is 0.258 e. The van der Waals surface area contributed by atoms with Crippen molar-refractivity contribution in [3.63, 3.8) is 0 Å². The van der Waals surface area contributed by atoms with Gasteiger partial charge in [-0.25, -0.2) is 4.39 Å². The van der Waals surface area contributed by atoms with Crippen molar-refractivity contribution in [2.24, 2.45) is 5.73 Å². The quantitative estimate of drug-likeness (QED) is 0.668. The van der Waals surface area contributed by atoms with Crippen molar-refractivity contribution < 1.29 is 23.5 Å². The molecule has 0 radical (unpaired) electrons. The van der Waals surface area contributed by atoms with E-state index in [9.17, 15) is 18.8 Å². The second-order valence-electron chi connectivity index (χ2n) is 8.59. The third-order valence-corrected chi connectivity index (χ3v) is 6.07. The van der Waals surface area contributed by atoms with Gasteiger partial charge in [0.05, 0.1) is 19.6 Å². The van der Waals surface area contributed by atoms with E-state index in [-0.39, 0.29) is 31.3 Å². The largest absolute Gasteiger partial charge is 0.497 e. The summed E-state index contributed by atoms with van der Waals surface area (Å²) in [5, 5.41) is 0. The minimum Gasteiger partial charge on any atom is -0.497 e. The molecular weight excluding hydrogens is 439 g/mol. The molecular formula is C25H31FN4O4. The summed E-state index contributed by atoms with van der Waals surface area (Å²) in [4.78, 5) is 43.0. The van der Waals surface area contributed by atoms with Gasteiger partial charge < -0.3 is 25.2 Å². The number of rotatable bonds is 7. The maximum Gasteiger partial charge on any atom is 0.258 e. The highest BCUT2D eigenvalue weighted by Gasteiger charge is 2.38. The summed E-state index contributed by atoms with van der Waals surface area (Å²) in [7, 11) is 6.40. The average molecular weight is 471 g/mol. The number of benzene rings is 2. The predicted molar refractivity (Wildman–Crippen MR) is 128 cm³/mol. The SMILES string of the molecule is COc1ccc(C(=O)N(C)c2ccc([C@H](C(=O)N(C)C)[C@H](N)C(=O)N3CC[C@H](F)C3)cc2)cc1. The summed E-state index contributed by atoms with van der Waals surface area (Å²) in [5.74, 6) is -1.26. The monoisotopic (exact) mass is 470 g/mol. The Morgan fingerprint density at radius 3 is 2.18 bits per heavy atom. The molecule has 0 saturated carbocycles. The molecule has 0 unspecified atom stereocenters. The number of nitrogens with two attached hydrogens (primary N) is 1. The second kappa shape index (κ2) is 10.6. The van der Waals surface area contributed by atoms with Crippen LogP contribution in [0.15, 0.2) is 48.5 Å². The summed E-state index contributed by atoms with van der Waals surface area (Å²) < 4.78 is 18.7. The lowest BCUT2D eigenvalue weighted by Gasteiger charge is -2.29. The van der Waals surface area contributed by atoms with Gasteiger partial charge in [0.25, 0.3) is 5.91 Å². The second-order valence-corrected chi connectivity index (χ2v) is 8.59. The predicted octanol–water partition coefficient (Wildman–Crippen LogP) is 2.04. The van der Waals surface area contributed by atoms with Crippen LogP contribution in [0.4, 0.5) is 10.1 Å². The number of hydrogen-bond donors (Lipinski definition) is 1. The molecule has 182 valence electrons. The standard InChI is InChI=1S/C25H31FN4O4/c1-28(2)24(32)21(22(27)25(33)30-14-13-18(26)15-30)16-5-9-19(10-6-16)29(3)23(31)17-7-11-20(34-4)12-8-17/h5-12,18,21-22H,13-15,27H2,1-4H3/t18-,21-,22-/m0/s1. The lowest BCUT2D eigenvalue weighted by molar-refractivity contribution is -0.138. The Morgan fingerprint density at radius 2 is 1.68 bits per heavy atom. The number of likely N-dealkylation sites (tertiary alicyclic amines) is 1. The van der Waals surface area contributed by atoms with Crippen molar-refractivity contribution in [3.05, 3.63) is 59.7 Å². The van der Waals surface area contributed by atoms with Gasteiger partial charge in [0.15, 0.2) is 0 Å². The third-order valence-electron chi connectivity index (χ3n) is 6.07. The highest BCUT2D eigenvalue weighted by atomic mass is 19.1. The summed E-state index contributed by atoms with van der Waals surface area (Å²) >= 11 is 0. The van der Waals surface area contributed by atoms with Crippen LogP contribution in [0.2, 0.25) is 0 Å². The molecule has 3 amide bonds. The van der Waals surface area contributed by atoms with Gasteiger partial charge in [-0.2, -0.15) is 0 Å². The van der Waals surface area contributed by atoms with E-state index in [4.69, 9.17) is 10.5 Å². The van der Waals surface area contributed by atoms with Crippen LogP contribution in [0.5, 0.6) is 5.75 Å². The molecule has 0 bridgehead atoms. The first kappa shape index (κ1) is 25.2. The molecule has 34 heavy (non-hydrogen) atoms. The minimum absolute atomic E-state index is 0.00733. The van der Waals surface area contributed by atoms with Gasteiger partial charge in [-0.3, -0.25) is 14.4 Å².